The van der Waals surface area contributed by atoms with E-state index in [2.05, 4.69) is 0 Å². The number of anilines is 1. The number of ether oxygens (including phenoxy) is 6. The molecule has 0 bridgehead atoms. The third kappa shape index (κ3) is 3.95. The van der Waals surface area contributed by atoms with Crippen LogP contribution in [0.25, 0.3) is 10.9 Å². The van der Waals surface area contributed by atoms with Crippen LogP contribution in [0.4, 0.5) is 10.5 Å². The first kappa shape index (κ1) is 23.6. The minimum atomic E-state index is -0.762. The Hall–Kier alpha value is -4.08. The second-order valence-electron chi connectivity index (χ2n) is 6.76. The summed E-state index contributed by atoms with van der Waals surface area (Å²) in [6.45, 7) is 1.76. The summed E-state index contributed by atoms with van der Waals surface area (Å²) in [5, 5.41) is 0.427. The van der Waals surface area contributed by atoms with Gasteiger partial charge in [-0.3, -0.25) is 4.79 Å². The van der Waals surface area contributed by atoms with E-state index in [0.717, 1.165) is 4.57 Å². The molecular weight excluding hydrogens is 432 g/mol. The lowest BCUT2D eigenvalue weighted by atomic mass is 10.1. The lowest BCUT2D eigenvalue weighted by Crippen LogP contribution is -2.20. The van der Waals surface area contributed by atoms with Gasteiger partial charge in [0.1, 0.15) is 5.69 Å². The molecule has 10 heteroatoms. The zero-order valence-electron chi connectivity index (χ0n) is 19.3. The number of carbonyl (C=O) groups is 2. The second-order valence-corrected chi connectivity index (χ2v) is 6.76. The minimum absolute atomic E-state index is 0.0759. The van der Waals surface area contributed by atoms with Crippen molar-refractivity contribution >= 4 is 28.5 Å². The summed E-state index contributed by atoms with van der Waals surface area (Å²) in [5.74, 6) is 1.09. The molecule has 0 amide bonds. The van der Waals surface area contributed by atoms with Crippen molar-refractivity contribution < 1.29 is 38.0 Å². The summed E-state index contributed by atoms with van der Waals surface area (Å²) >= 11 is 0. The molecule has 0 aliphatic carbocycles. The standard InChI is InChI=1S/C23H26N2O8/c1-7-33-23(27)25-14-11-16(29-3)15(28-2)10-13(14)19(24)20(25)21(26)12-8-17(30-4)22(32-6)18(9-12)31-5/h8-11H,7,24H2,1-6H3. The SMILES string of the molecule is CCOC(=O)n1c(C(=O)c2cc(OC)c(OC)c(OC)c2)c(N)c2cc(OC)c(OC)cc21. The Bertz CT molecular complexity index is 1190. The molecule has 0 spiro atoms. The van der Waals surface area contributed by atoms with Crippen LogP contribution in [0.3, 0.4) is 0 Å². The fourth-order valence-corrected chi connectivity index (χ4v) is 3.59. The van der Waals surface area contributed by atoms with Gasteiger partial charge in [0.05, 0.1) is 53.4 Å². The van der Waals surface area contributed by atoms with Gasteiger partial charge >= 0.3 is 6.09 Å². The molecule has 0 saturated heterocycles. The van der Waals surface area contributed by atoms with Crippen LogP contribution in [0.15, 0.2) is 24.3 Å². The molecule has 0 radical (unpaired) electrons. The van der Waals surface area contributed by atoms with E-state index in [-0.39, 0.29) is 35.1 Å². The normalized spacial score (nSPS) is 10.6. The van der Waals surface area contributed by atoms with E-state index in [1.807, 2.05) is 0 Å². The fraction of sp³-hybridized carbons (Fsp3) is 0.304. The van der Waals surface area contributed by atoms with Crippen molar-refractivity contribution in [1.29, 1.82) is 0 Å². The number of ketones is 1. The molecule has 0 aliphatic heterocycles. The van der Waals surface area contributed by atoms with Gasteiger partial charge in [0.15, 0.2) is 23.0 Å². The smallest absolute Gasteiger partial charge is 0.419 e. The number of nitrogens with two attached hydrogens (primary N) is 1. The van der Waals surface area contributed by atoms with Crippen molar-refractivity contribution in [3.8, 4) is 28.7 Å². The van der Waals surface area contributed by atoms with Crippen LogP contribution in [0.1, 0.15) is 23.0 Å². The van der Waals surface area contributed by atoms with Gasteiger partial charge in [-0.05, 0) is 25.1 Å². The van der Waals surface area contributed by atoms with E-state index in [1.54, 1.807) is 19.1 Å². The summed E-state index contributed by atoms with van der Waals surface area (Å²) in [7, 11) is 7.28. The molecule has 0 saturated carbocycles. The van der Waals surface area contributed by atoms with E-state index in [4.69, 9.17) is 34.2 Å². The van der Waals surface area contributed by atoms with Crippen molar-refractivity contribution in [1.82, 2.24) is 4.57 Å². The van der Waals surface area contributed by atoms with Gasteiger partial charge in [0.25, 0.3) is 0 Å². The van der Waals surface area contributed by atoms with Crippen LogP contribution in [0.5, 0.6) is 28.7 Å². The highest BCUT2D eigenvalue weighted by atomic mass is 16.6. The first-order valence-electron chi connectivity index (χ1n) is 9.94. The van der Waals surface area contributed by atoms with E-state index >= 15 is 0 Å². The summed E-state index contributed by atoms with van der Waals surface area (Å²) in [5.41, 5.74) is 6.90. The van der Waals surface area contributed by atoms with Crippen molar-refractivity contribution in [3.05, 3.63) is 35.5 Å². The predicted molar refractivity (Wildman–Crippen MR) is 121 cm³/mol. The highest BCUT2D eigenvalue weighted by Gasteiger charge is 2.29. The lowest BCUT2D eigenvalue weighted by Gasteiger charge is -2.14. The maximum Gasteiger partial charge on any atom is 0.419 e. The Morgan fingerprint density at radius 1 is 0.818 bits per heavy atom. The zero-order chi connectivity index (χ0) is 24.3. The Morgan fingerprint density at radius 3 is 1.85 bits per heavy atom. The number of carbonyl (C=O) groups excluding carboxylic acids is 2. The largest absolute Gasteiger partial charge is 0.493 e. The maximum absolute atomic E-state index is 13.7. The van der Waals surface area contributed by atoms with Gasteiger partial charge in [-0.15, -0.1) is 0 Å². The van der Waals surface area contributed by atoms with E-state index in [1.165, 1.54) is 47.7 Å². The molecule has 33 heavy (non-hydrogen) atoms. The van der Waals surface area contributed by atoms with Crippen LogP contribution < -0.4 is 29.4 Å². The monoisotopic (exact) mass is 458 g/mol. The zero-order valence-corrected chi connectivity index (χ0v) is 19.3. The number of rotatable bonds is 8. The average molecular weight is 458 g/mol. The number of aromatic nitrogens is 1. The molecule has 2 N–H and O–H groups in total. The minimum Gasteiger partial charge on any atom is -0.493 e. The number of nitrogen functional groups attached to an aromatic ring is 1. The number of benzene rings is 2. The molecule has 0 unspecified atom stereocenters. The van der Waals surface area contributed by atoms with E-state index in [0.29, 0.717) is 28.2 Å². The van der Waals surface area contributed by atoms with E-state index < -0.39 is 11.9 Å². The van der Waals surface area contributed by atoms with E-state index in [9.17, 15) is 9.59 Å². The highest BCUT2D eigenvalue weighted by Crippen LogP contribution is 2.41. The Morgan fingerprint density at radius 2 is 1.36 bits per heavy atom. The Balaban J connectivity index is 2.34. The molecule has 176 valence electrons. The van der Waals surface area contributed by atoms with Gasteiger partial charge in [-0.2, -0.15) is 0 Å². The molecule has 0 aliphatic rings. The van der Waals surface area contributed by atoms with Crippen LogP contribution in [0, 0.1) is 0 Å². The maximum atomic E-state index is 13.7. The van der Waals surface area contributed by atoms with Crippen LogP contribution in [0.2, 0.25) is 0 Å². The third-order valence-electron chi connectivity index (χ3n) is 5.10. The number of hydrogen-bond acceptors (Lipinski definition) is 9. The van der Waals surface area contributed by atoms with Crippen molar-refractivity contribution in [3.63, 3.8) is 0 Å². The molecule has 3 rings (SSSR count). The predicted octanol–water partition coefficient (Wildman–Crippen LogP) is 3.50. The van der Waals surface area contributed by atoms with Gasteiger partial charge in [0, 0.05) is 17.0 Å². The van der Waals surface area contributed by atoms with Gasteiger partial charge in [0.2, 0.25) is 11.5 Å². The molecule has 2 aromatic carbocycles. The third-order valence-corrected chi connectivity index (χ3v) is 5.10. The lowest BCUT2D eigenvalue weighted by molar-refractivity contribution is 0.102. The molecule has 3 aromatic rings. The first-order chi connectivity index (χ1) is 15.9. The molecule has 1 aromatic heterocycles. The number of methoxy groups -OCH3 is 5. The summed E-state index contributed by atoms with van der Waals surface area (Å²) in [4.78, 5) is 26.6. The Kier molecular flexibility index (Phi) is 6.86. The highest BCUT2D eigenvalue weighted by molar-refractivity contribution is 6.19. The number of nitrogens with zero attached hydrogens (tertiary/aromatic N) is 1. The summed E-state index contributed by atoms with van der Waals surface area (Å²) < 4.78 is 33.1. The molecular formula is C23H26N2O8. The quantitative estimate of drug-likeness (QED) is 0.506. The van der Waals surface area contributed by atoms with Crippen LogP contribution in [-0.2, 0) is 4.74 Å². The van der Waals surface area contributed by atoms with Gasteiger partial charge < -0.3 is 34.2 Å². The van der Waals surface area contributed by atoms with Crippen molar-refractivity contribution in [2.24, 2.45) is 0 Å². The fourth-order valence-electron chi connectivity index (χ4n) is 3.59. The average Bonchev–Trinajstić information content (AvgIpc) is 3.12. The van der Waals surface area contributed by atoms with Crippen molar-refractivity contribution in [2.45, 2.75) is 6.92 Å². The number of fused-ring (bicyclic) bond motifs is 1. The van der Waals surface area contributed by atoms with Crippen LogP contribution >= 0.6 is 0 Å². The molecule has 1 heterocycles. The molecule has 10 nitrogen and oxygen atoms in total. The molecule has 0 atom stereocenters. The summed E-state index contributed by atoms with van der Waals surface area (Å²) in [6, 6.07) is 6.13. The van der Waals surface area contributed by atoms with Crippen molar-refractivity contribution in [2.75, 3.05) is 47.9 Å². The van der Waals surface area contributed by atoms with Crippen LogP contribution in [-0.4, -0.2) is 58.6 Å². The Labute approximate surface area is 190 Å². The summed E-state index contributed by atoms with van der Waals surface area (Å²) in [6.07, 6.45) is -0.762. The number of hydrogen-bond donors (Lipinski definition) is 1. The molecule has 0 fully saturated rings. The first-order valence-corrected chi connectivity index (χ1v) is 9.94. The van der Waals surface area contributed by atoms with Gasteiger partial charge in [-0.1, -0.05) is 0 Å². The topological polar surface area (TPSA) is 120 Å². The second kappa shape index (κ2) is 9.60. The van der Waals surface area contributed by atoms with Gasteiger partial charge in [-0.25, -0.2) is 9.36 Å².